The van der Waals surface area contributed by atoms with Crippen LogP contribution in [0.3, 0.4) is 0 Å². The Balaban J connectivity index is 1.80. The van der Waals surface area contributed by atoms with E-state index < -0.39 is 10.2 Å². The molecule has 0 N–H and O–H groups in total. The number of rotatable bonds is 4. The highest BCUT2D eigenvalue weighted by molar-refractivity contribution is 7.86. The molecule has 0 saturated carbocycles. The van der Waals surface area contributed by atoms with E-state index in [0.717, 1.165) is 25.3 Å². The normalized spacial score (nSPS) is 24.6. The van der Waals surface area contributed by atoms with Crippen molar-refractivity contribution in [1.29, 1.82) is 0 Å². The van der Waals surface area contributed by atoms with Crippen molar-refractivity contribution in [3.63, 3.8) is 0 Å². The van der Waals surface area contributed by atoms with Gasteiger partial charge in [-0.15, -0.1) is 0 Å². The van der Waals surface area contributed by atoms with Crippen molar-refractivity contribution in [1.82, 2.24) is 23.3 Å². The standard InChI is InChI=1S/C14H25N5O2S/c1-16(2)22(20,21)18-11-13-6-7-15-19(13)14(12-18)10-17-8-4-3-5-9-17/h6-7,14H,3-5,8-12H2,1-2H3/t14-/m0/s1. The van der Waals surface area contributed by atoms with Gasteiger partial charge in [0.1, 0.15) is 0 Å². The van der Waals surface area contributed by atoms with Gasteiger partial charge in [-0.2, -0.15) is 22.1 Å². The molecule has 3 heterocycles. The van der Waals surface area contributed by atoms with Gasteiger partial charge in [0, 0.05) is 33.4 Å². The molecule has 0 amide bonds. The van der Waals surface area contributed by atoms with Gasteiger partial charge in [-0.05, 0) is 32.0 Å². The second-order valence-electron chi connectivity index (χ2n) is 6.36. The summed E-state index contributed by atoms with van der Waals surface area (Å²) in [6, 6.07) is 2.01. The average Bonchev–Trinajstić information content (AvgIpc) is 2.96. The first-order valence-electron chi connectivity index (χ1n) is 7.91. The fraction of sp³-hybridized carbons (Fsp3) is 0.786. The van der Waals surface area contributed by atoms with E-state index in [1.54, 1.807) is 24.6 Å². The van der Waals surface area contributed by atoms with Gasteiger partial charge < -0.3 is 4.90 Å². The van der Waals surface area contributed by atoms with Gasteiger partial charge in [-0.1, -0.05) is 6.42 Å². The summed E-state index contributed by atoms with van der Waals surface area (Å²) in [5.74, 6) is 0. The van der Waals surface area contributed by atoms with Crippen LogP contribution in [-0.4, -0.2) is 72.0 Å². The third-order valence-corrected chi connectivity index (χ3v) is 6.41. The van der Waals surface area contributed by atoms with E-state index in [-0.39, 0.29) is 6.04 Å². The van der Waals surface area contributed by atoms with Gasteiger partial charge in [0.15, 0.2) is 0 Å². The van der Waals surface area contributed by atoms with Crippen molar-refractivity contribution in [2.45, 2.75) is 31.8 Å². The number of hydrogen-bond acceptors (Lipinski definition) is 4. The second kappa shape index (κ2) is 6.27. The van der Waals surface area contributed by atoms with Crippen LogP contribution in [0.25, 0.3) is 0 Å². The molecule has 0 spiro atoms. The lowest BCUT2D eigenvalue weighted by molar-refractivity contribution is 0.158. The average molecular weight is 327 g/mol. The van der Waals surface area contributed by atoms with Gasteiger partial charge >= 0.3 is 0 Å². The fourth-order valence-electron chi connectivity index (χ4n) is 3.34. The number of piperidine rings is 1. The monoisotopic (exact) mass is 327 g/mol. The molecular formula is C14H25N5O2S. The molecule has 0 aromatic carbocycles. The molecule has 124 valence electrons. The largest absolute Gasteiger partial charge is 0.301 e. The SMILES string of the molecule is CN(C)S(=O)(=O)N1Cc2ccnn2[C@@H](CN2CCCCC2)C1. The lowest BCUT2D eigenvalue weighted by Crippen LogP contribution is -2.49. The Hall–Kier alpha value is -0.960. The first-order valence-corrected chi connectivity index (χ1v) is 9.30. The van der Waals surface area contributed by atoms with Crippen LogP contribution in [-0.2, 0) is 16.8 Å². The summed E-state index contributed by atoms with van der Waals surface area (Å²) >= 11 is 0. The summed E-state index contributed by atoms with van der Waals surface area (Å²) in [7, 11) is -0.219. The highest BCUT2D eigenvalue weighted by Gasteiger charge is 2.34. The maximum absolute atomic E-state index is 12.5. The molecule has 3 rings (SSSR count). The van der Waals surface area contributed by atoms with E-state index in [4.69, 9.17) is 0 Å². The van der Waals surface area contributed by atoms with Crippen molar-refractivity contribution in [3.05, 3.63) is 18.0 Å². The lowest BCUT2D eigenvalue weighted by atomic mass is 10.1. The third-order valence-electron chi connectivity index (χ3n) is 4.56. The Labute approximate surface area is 132 Å². The maximum atomic E-state index is 12.5. The zero-order valence-corrected chi connectivity index (χ0v) is 14.2. The van der Waals surface area contributed by atoms with Crippen LogP contribution >= 0.6 is 0 Å². The molecule has 1 aromatic heterocycles. The summed E-state index contributed by atoms with van der Waals surface area (Å²) in [6.07, 6.45) is 5.54. The molecule has 1 saturated heterocycles. The smallest absolute Gasteiger partial charge is 0.281 e. The van der Waals surface area contributed by atoms with Crippen LogP contribution < -0.4 is 0 Å². The minimum Gasteiger partial charge on any atom is -0.301 e. The number of fused-ring (bicyclic) bond motifs is 1. The summed E-state index contributed by atoms with van der Waals surface area (Å²) in [6.45, 7) is 3.97. The molecule has 1 fully saturated rings. The Morgan fingerprint density at radius 1 is 1.27 bits per heavy atom. The van der Waals surface area contributed by atoms with Crippen LogP contribution in [0.4, 0.5) is 0 Å². The van der Waals surface area contributed by atoms with Crippen LogP contribution in [0.5, 0.6) is 0 Å². The molecule has 22 heavy (non-hydrogen) atoms. The Bertz CT molecular complexity index is 607. The quantitative estimate of drug-likeness (QED) is 0.809. The first kappa shape index (κ1) is 15.9. The Morgan fingerprint density at radius 3 is 2.68 bits per heavy atom. The molecule has 0 unspecified atom stereocenters. The summed E-state index contributed by atoms with van der Waals surface area (Å²) in [5, 5.41) is 4.42. The number of hydrogen-bond donors (Lipinski definition) is 0. The van der Waals surface area contributed by atoms with Crippen molar-refractivity contribution < 1.29 is 8.42 Å². The van der Waals surface area contributed by atoms with Gasteiger partial charge in [0.25, 0.3) is 10.2 Å². The molecule has 0 radical (unpaired) electrons. The minimum atomic E-state index is -3.39. The van der Waals surface area contributed by atoms with E-state index in [9.17, 15) is 8.42 Å². The summed E-state index contributed by atoms with van der Waals surface area (Å²) < 4.78 is 29.8. The molecule has 0 aliphatic carbocycles. The van der Waals surface area contributed by atoms with Gasteiger partial charge in [-0.3, -0.25) is 4.68 Å². The topological polar surface area (TPSA) is 61.7 Å². The molecule has 2 aliphatic heterocycles. The minimum absolute atomic E-state index is 0.0894. The van der Waals surface area contributed by atoms with Gasteiger partial charge in [0.05, 0.1) is 18.3 Å². The Kier molecular flexibility index (Phi) is 4.54. The van der Waals surface area contributed by atoms with Crippen molar-refractivity contribution >= 4 is 10.2 Å². The van der Waals surface area contributed by atoms with Gasteiger partial charge in [0.2, 0.25) is 0 Å². The van der Waals surface area contributed by atoms with Crippen molar-refractivity contribution in [3.8, 4) is 0 Å². The van der Waals surface area contributed by atoms with E-state index in [2.05, 4.69) is 10.00 Å². The number of likely N-dealkylation sites (tertiary alicyclic amines) is 1. The fourth-order valence-corrected chi connectivity index (χ4v) is 4.45. The van der Waals surface area contributed by atoms with Crippen molar-refractivity contribution in [2.24, 2.45) is 0 Å². The lowest BCUT2D eigenvalue weighted by Gasteiger charge is -2.37. The van der Waals surface area contributed by atoms with E-state index >= 15 is 0 Å². The summed E-state index contributed by atoms with van der Waals surface area (Å²) in [5.41, 5.74) is 0.971. The molecule has 1 atom stereocenters. The van der Waals surface area contributed by atoms with E-state index in [1.807, 2.05) is 10.7 Å². The maximum Gasteiger partial charge on any atom is 0.281 e. The van der Waals surface area contributed by atoms with E-state index in [1.165, 1.54) is 23.6 Å². The first-order chi connectivity index (χ1) is 10.5. The predicted octanol–water partition coefficient (Wildman–Crippen LogP) is 0.532. The van der Waals surface area contributed by atoms with E-state index in [0.29, 0.717) is 13.1 Å². The molecule has 2 aliphatic rings. The number of aromatic nitrogens is 2. The molecule has 1 aromatic rings. The zero-order valence-electron chi connectivity index (χ0n) is 13.3. The molecule has 0 bridgehead atoms. The zero-order chi connectivity index (χ0) is 15.7. The van der Waals surface area contributed by atoms with Crippen LogP contribution in [0.1, 0.15) is 31.0 Å². The second-order valence-corrected chi connectivity index (χ2v) is 8.51. The molecule has 7 nitrogen and oxygen atoms in total. The highest BCUT2D eigenvalue weighted by Crippen LogP contribution is 2.25. The van der Waals surface area contributed by atoms with Gasteiger partial charge in [-0.25, -0.2) is 0 Å². The van der Waals surface area contributed by atoms with Crippen molar-refractivity contribution in [2.75, 3.05) is 40.3 Å². The number of nitrogens with zero attached hydrogens (tertiary/aromatic N) is 5. The van der Waals surface area contributed by atoms with Crippen LogP contribution in [0.15, 0.2) is 12.3 Å². The third kappa shape index (κ3) is 3.05. The summed E-state index contributed by atoms with van der Waals surface area (Å²) in [4.78, 5) is 2.44. The Morgan fingerprint density at radius 2 is 2.00 bits per heavy atom. The predicted molar refractivity (Wildman–Crippen MR) is 84.6 cm³/mol. The molecular weight excluding hydrogens is 302 g/mol. The highest BCUT2D eigenvalue weighted by atomic mass is 32.2. The van der Waals surface area contributed by atoms with Crippen LogP contribution in [0.2, 0.25) is 0 Å². The molecule has 8 heteroatoms. The van der Waals surface area contributed by atoms with Crippen LogP contribution in [0, 0.1) is 0 Å².